The first kappa shape index (κ1) is 20.3. The minimum absolute atomic E-state index is 0. The molecule has 0 saturated heterocycles. The van der Waals surface area contributed by atoms with Gasteiger partial charge in [0.25, 0.3) is 0 Å². The molecule has 0 aromatic heterocycles. The van der Waals surface area contributed by atoms with E-state index in [4.69, 9.17) is 14.9 Å². The average Bonchev–Trinajstić information content (AvgIpc) is 1.96. The molecule has 0 rings (SSSR count). The predicted molar refractivity (Wildman–Crippen MR) is 57.3 cm³/mol. The highest BCUT2D eigenvalue weighted by atomic mass is 35.5. The fraction of sp³-hybridized carbons (Fsp3) is 0.833. The highest BCUT2D eigenvalue weighted by Crippen LogP contribution is 2.42. The van der Waals surface area contributed by atoms with Gasteiger partial charge in [-0.1, -0.05) is 13.8 Å². The van der Waals surface area contributed by atoms with Crippen LogP contribution in [0.3, 0.4) is 0 Å². The van der Waals surface area contributed by atoms with Gasteiger partial charge in [0.2, 0.25) is 5.78 Å². The van der Waals surface area contributed by atoms with Gasteiger partial charge in [-0.2, -0.15) is 0 Å². The fourth-order valence-corrected chi connectivity index (χ4v) is 2.12. The lowest BCUT2D eigenvalue weighted by atomic mass is 10.5. The Hall–Kier alpha value is -0.170. The number of aliphatic carboxylic acids is 1. The van der Waals surface area contributed by atoms with Crippen molar-refractivity contribution in [1.29, 1.82) is 0 Å². The Morgan fingerprint density at radius 3 is 1.73 bits per heavy atom. The second kappa shape index (κ2) is 8.04. The molecule has 0 aromatic rings. The summed E-state index contributed by atoms with van der Waals surface area (Å²) in [6, 6.07) is 0. The van der Waals surface area contributed by atoms with Crippen molar-refractivity contribution in [3.05, 3.63) is 0 Å². The van der Waals surface area contributed by atoms with Gasteiger partial charge in [-0.05, 0) is 13.1 Å². The molecule has 0 radical (unpaired) electrons. The first-order valence-electron chi connectivity index (χ1n) is 3.86. The van der Waals surface area contributed by atoms with Gasteiger partial charge in [0.05, 0.1) is 0 Å². The van der Waals surface area contributed by atoms with E-state index < -0.39 is 19.3 Å². The lowest BCUT2D eigenvalue weighted by Gasteiger charge is -2.26. The molecule has 0 aromatic carbocycles. The van der Waals surface area contributed by atoms with Crippen LogP contribution in [0.1, 0.15) is 13.8 Å². The Bertz CT molecular complexity index is 228. The molecule has 94 valence electrons. The topological polar surface area (TPSA) is 130 Å². The summed E-state index contributed by atoms with van der Waals surface area (Å²) in [5.74, 6) is -3.21. The van der Waals surface area contributed by atoms with Gasteiger partial charge in [0.1, 0.15) is 0 Å². The molecule has 7 nitrogen and oxygen atoms in total. The summed E-state index contributed by atoms with van der Waals surface area (Å²) < 4.78 is 10.8. The number of carboxylic acids is 1. The van der Waals surface area contributed by atoms with Crippen molar-refractivity contribution in [3.8, 4) is 0 Å². The van der Waals surface area contributed by atoms with Crippen molar-refractivity contribution in [2.45, 2.75) is 19.6 Å². The minimum Gasteiger partial charge on any atom is -0.480 e. The summed E-state index contributed by atoms with van der Waals surface area (Å²) in [6.07, 6.45) is 0. The van der Waals surface area contributed by atoms with E-state index >= 15 is 0 Å². The van der Waals surface area contributed by atoms with Gasteiger partial charge in [-0.15, -0.1) is 12.4 Å². The third kappa shape index (κ3) is 6.09. The van der Waals surface area contributed by atoms with E-state index in [1.54, 1.807) is 13.8 Å². The van der Waals surface area contributed by atoms with E-state index in [-0.39, 0.29) is 17.9 Å². The molecule has 0 saturated carbocycles. The molecule has 0 heterocycles. The van der Waals surface area contributed by atoms with Crippen LogP contribution in [0.15, 0.2) is 0 Å². The number of carboxylic acid groups (broad SMARTS) is 1. The van der Waals surface area contributed by atoms with Crippen molar-refractivity contribution in [1.82, 2.24) is 4.90 Å². The Morgan fingerprint density at radius 2 is 1.67 bits per heavy atom. The zero-order chi connectivity index (χ0) is 10.6. The molecule has 0 aliphatic carbocycles. The second-order valence-electron chi connectivity index (χ2n) is 2.52. The maximum Gasteiger partial charge on any atom is 0.354 e. The van der Waals surface area contributed by atoms with E-state index in [2.05, 4.69) is 0 Å². The summed E-state index contributed by atoms with van der Waals surface area (Å²) in [6.45, 7) is 3.88. The molecule has 5 N–H and O–H groups in total. The summed E-state index contributed by atoms with van der Waals surface area (Å²) >= 11 is 0. The smallest absolute Gasteiger partial charge is 0.354 e. The van der Waals surface area contributed by atoms with Crippen LogP contribution in [-0.4, -0.2) is 50.1 Å². The van der Waals surface area contributed by atoms with Crippen molar-refractivity contribution < 1.29 is 29.7 Å². The maximum absolute atomic E-state index is 10.8. The lowest BCUT2D eigenvalue weighted by Crippen LogP contribution is -2.40. The van der Waals surface area contributed by atoms with Gasteiger partial charge < -0.3 is 20.4 Å². The Kier molecular flexibility index (Phi) is 10.9. The van der Waals surface area contributed by atoms with Crippen LogP contribution in [0.5, 0.6) is 0 Å². The molecule has 1 atom stereocenters. The summed E-state index contributed by atoms with van der Waals surface area (Å²) in [5, 5.41) is 8.61. The largest absolute Gasteiger partial charge is 0.480 e. The van der Waals surface area contributed by atoms with Crippen LogP contribution in [0, 0.1) is 0 Å². The van der Waals surface area contributed by atoms with Gasteiger partial charge in [-0.25, -0.2) is 4.79 Å². The fourth-order valence-electron chi connectivity index (χ4n) is 1.08. The van der Waals surface area contributed by atoms with Crippen LogP contribution in [0.2, 0.25) is 0 Å². The highest BCUT2D eigenvalue weighted by Gasteiger charge is 2.39. The van der Waals surface area contributed by atoms with Crippen LogP contribution >= 0.6 is 20.0 Å². The van der Waals surface area contributed by atoms with Crippen molar-refractivity contribution in [3.63, 3.8) is 0 Å². The molecular formula is C6H17ClNO6P. The Labute approximate surface area is 94.0 Å². The van der Waals surface area contributed by atoms with E-state index in [0.29, 0.717) is 13.1 Å². The number of halogens is 1. The molecule has 0 bridgehead atoms. The number of likely N-dealkylation sites (N-methyl/N-ethyl adjacent to an activating group) is 1. The Balaban J connectivity index is -0.000000720. The number of hydrogen-bond donors (Lipinski definition) is 3. The van der Waals surface area contributed by atoms with Gasteiger partial charge in [-0.3, -0.25) is 9.46 Å². The molecule has 15 heavy (non-hydrogen) atoms. The third-order valence-corrected chi connectivity index (χ3v) is 2.88. The first-order valence-corrected chi connectivity index (χ1v) is 5.54. The van der Waals surface area contributed by atoms with E-state index in [9.17, 15) is 9.36 Å². The normalized spacial score (nSPS) is 12.6. The zero-order valence-corrected chi connectivity index (χ0v) is 10.2. The summed E-state index contributed by atoms with van der Waals surface area (Å²) in [5.41, 5.74) is 0. The van der Waals surface area contributed by atoms with Crippen molar-refractivity contribution in [2.24, 2.45) is 0 Å². The number of rotatable bonds is 5. The molecule has 0 aliphatic heterocycles. The Morgan fingerprint density at radius 1 is 1.33 bits per heavy atom. The van der Waals surface area contributed by atoms with Gasteiger partial charge >= 0.3 is 13.6 Å². The number of nitrogens with zero attached hydrogens (tertiary/aromatic N) is 1. The zero-order valence-electron chi connectivity index (χ0n) is 8.45. The third-order valence-electron chi connectivity index (χ3n) is 1.70. The monoisotopic (exact) mass is 265 g/mol. The second-order valence-corrected chi connectivity index (χ2v) is 4.19. The summed E-state index contributed by atoms with van der Waals surface area (Å²) in [4.78, 5) is 29.3. The lowest BCUT2D eigenvalue weighted by molar-refractivity contribution is -0.140. The molecule has 9 heteroatoms. The SMILES string of the molecule is CCN(CC)C(C(=O)O)P(=O)(O)O.Cl.O. The van der Waals surface area contributed by atoms with Crippen molar-refractivity contribution >= 4 is 26.0 Å². The van der Waals surface area contributed by atoms with E-state index in [1.807, 2.05) is 0 Å². The average molecular weight is 266 g/mol. The highest BCUT2D eigenvalue weighted by molar-refractivity contribution is 7.53. The van der Waals surface area contributed by atoms with Crippen LogP contribution in [0.4, 0.5) is 0 Å². The van der Waals surface area contributed by atoms with Crippen LogP contribution < -0.4 is 0 Å². The van der Waals surface area contributed by atoms with Crippen LogP contribution in [-0.2, 0) is 9.36 Å². The number of carbonyl (C=O) groups is 1. The van der Waals surface area contributed by atoms with E-state index in [0.717, 1.165) is 0 Å². The van der Waals surface area contributed by atoms with Crippen molar-refractivity contribution in [2.75, 3.05) is 13.1 Å². The quantitative estimate of drug-likeness (QED) is 0.575. The summed E-state index contributed by atoms with van der Waals surface area (Å²) in [7, 11) is -4.59. The minimum atomic E-state index is -4.59. The van der Waals surface area contributed by atoms with Crippen LogP contribution in [0.25, 0.3) is 0 Å². The molecule has 0 aliphatic rings. The molecule has 0 fully saturated rings. The molecule has 0 amide bonds. The molecule has 0 spiro atoms. The first-order chi connectivity index (χ1) is 5.84. The molecular weight excluding hydrogens is 248 g/mol. The maximum atomic E-state index is 10.8. The van der Waals surface area contributed by atoms with Gasteiger partial charge in [0, 0.05) is 0 Å². The standard InChI is InChI=1S/C6H14NO5P.ClH.H2O/c1-3-7(4-2)5(6(8)9)13(10,11)12;;/h5H,3-4H2,1-2H3,(H,8,9)(H2,10,11,12);1H;1H2. The van der Waals surface area contributed by atoms with E-state index in [1.165, 1.54) is 4.90 Å². The predicted octanol–water partition coefficient (Wildman–Crippen LogP) is -0.486. The molecule has 1 unspecified atom stereocenters. The van der Waals surface area contributed by atoms with Gasteiger partial charge in [0.15, 0.2) is 0 Å². The number of hydrogen-bond acceptors (Lipinski definition) is 3.